The van der Waals surface area contributed by atoms with Gasteiger partial charge in [0.15, 0.2) is 0 Å². The maximum absolute atomic E-state index is 11.6. The molecule has 0 bridgehead atoms. The lowest BCUT2D eigenvalue weighted by Crippen LogP contribution is -2.08. The number of carbonyl (C=O) groups is 1. The highest BCUT2D eigenvalue weighted by molar-refractivity contribution is 6.31. The maximum Gasteiger partial charge on any atom is 0.339 e. The maximum atomic E-state index is 11.6. The number of esters is 1. The van der Waals surface area contributed by atoms with Crippen LogP contribution in [0.15, 0.2) is 34.7 Å². The van der Waals surface area contributed by atoms with E-state index < -0.39 is 5.97 Å². The Bertz CT molecular complexity index is 609. The van der Waals surface area contributed by atoms with E-state index >= 15 is 0 Å². The van der Waals surface area contributed by atoms with Crippen LogP contribution in [0.25, 0.3) is 0 Å². The van der Waals surface area contributed by atoms with Gasteiger partial charge < -0.3 is 19.6 Å². The van der Waals surface area contributed by atoms with Crippen LogP contribution in [0.1, 0.15) is 21.9 Å². The number of rotatable bonds is 5. The summed E-state index contributed by atoms with van der Waals surface area (Å²) in [6.07, 6.45) is 0. The highest BCUT2D eigenvalue weighted by Crippen LogP contribution is 2.23. The van der Waals surface area contributed by atoms with Gasteiger partial charge >= 0.3 is 5.97 Å². The molecule has 1 aromatic carbocycles. The Morgan fingerprint density at radius 3 is 2.75 bits per heavy atom. The average molecular weight is 296 g/mol. The summed E-state index contributed by atoms with van der Waals surface area (Å²) in [5, 5.41) is 12.5. The van der Waals surface area contributed by atoms with E-state index in [0.29, 0.717) is 34.3 Å². The summed E-state index contributed by atoms with van der Waals surface area (Å²) in [5.41, 5.74) is 0.956. The normalized spacial score (nSPS) is 10.3. The molecule has 0 fully saturated rings. The number of nitrogens with one attached hydrogen (secondary N) is 1. The smallest absolute Gasteiger partial charge is 0.339 e. The number of hydrogen-bond donors (Lipinski definition) is 2. The van der Waals surface area contributed by atoms with Crippen molar-refractivity contribution in [2.45, 2.75) is 13.2 Å². The van der Waals surface area contributed by atoms with Crippen molar-refractivity contribution in [2.75, 3.05) is 12.4 Å². The molecule has 0 radical (unpaired) electrons. The number of benzene rings is 1. The molecular weight excluding hydrogens is 282 g/mol. The predicted molar refractivity (Wildman–Crippen MR) is 74.7 cm³/mol. The Balaban J connectivity index is 2.15. The van der Waals surface area contributed by atoms with Gasteiger partial charge in [-0.1, -0.05) is 11.6 Å². The third-order valence-electron chi connectivity index (χ3n) is 2.71. The number of anilines is 1. The molecule has 1 heterocycles. The van der Waals surface area contributed by atoms with Gasteiger partial charge in [0.05, 0.1) is 24.9 Å². The second-order valence-corrected chi connectivity index (χ2v) is 4.50. The number of methoxy groups -OCH3 is 1. The fourth-order valence-corrected chi connectivity index (χ4v) is 1.91. The van der Waals surface area contributed by atoms with Crippen LogP contribution in [-0.4, -0.2) is 18.2 Å². The second kappa shape index (κ2) is 6.45. The summed E-state index contributed by atoms with van der Waals surface area (Å²) >= 11 is 5.92. The summed E-state index contributed by atoms with van der Waals surface area (Å²) in [6.45, 7) is 0.217. The van der Waals surface area contributed by atoms with Crippen LogP contribution in [0.4, 0.5) is 5.69 Å². The van der Waals surface area contributed by atoms with Crippen molar-refractivity contribution in [3.8, 4) is 0 Å². The highest BCUT2D eigenvalue weighted by Gasteiger charge is 2.12. The lowest BCUT2D eigenvalue weighted by atomic mass is 10.1. The number of furan rings is 1. The van der Waals surface area contributed by atoms with Crippen molar-refractivity contribution in [1.82, 2.24) is 0 Å². The Kier molecular flexibility index (Phi) is 4.65. The van der Waals surface area contributed by atoms with Gasteiger partial charge in [0.1, 0.15) is 18.1 Å². The topological polar surface area (TPSA) is 71.7 Å². The van der Waals surface area contributed by atoms with Gasteiger partial charge in [-0.3, -0.25) is 0 Å². The zero-order valence-corrected chi connectivity index (χ0v) is 11.6. The van der Waals surface area contributed by atoms with Crippen LogP contribution in [0.5, 0.6) is 0 Å². The molecule has 0 atom stereocenters. The largest absolute Gasteiger partial charge is 0.465 e. The molecule has 0 aliphatic carbocycles. The van der Waals surface area contributed by atoms with E-state index in [9.17, 15) is 4.79 Å². The van der Waals surface area contributed by atoms with Crippen LogP contribution >= 0.6 is 11.6 Å². The number of aliphatic hydroxyl groups is 1. The molecule has 0 unspecified atom stereocenters. The number of hydrogen-bond acceptors (Lipinski definition) is 5. The molecule has 106 valence electrons. The molecule has 2 rings (SSSR count). The molecule has 0 saturated carbocycles. The van der Waals surface area contributed by atoms with E-state index in [1.807, 2.05) is 0 Å². The first-order valence-electron chi connectivity index (χ1n) is 5.94. The minimum absolute atomic E-state index is 0.148. The van der Waals surface area contributed by atoms with E-state index in [0.717, 1.165) is 0 Å². The third-order valence-corrected chi connectivity index (χ3v) is 2.95. The second-order valence-electron chi connectivity index (χ2n) is 4.06. The van der Waals surface area contributed by atoms with Gasteiger partial charge in [-0.2, -0.15) is 0 Å². The lowest BCUT2D eigenvalue weighted by molar-refractivity contribution is 0.0602. The van der Waals surface area contributed by atoms with Gasteiger partial charge in [-0.05, 0) is 30.3 Å². The van der Waals surface area contributed by atoms with E-state index in [4.69, 9.17) is 25.9 Å². The molecule has 5 nitrogen and oxygen atoms in total. The molecule has 2 aromatic rings. The molecule has 6 heteroatoms. The summed E-state index contributed by atoms with van der Waals surface area (Å²) < 4.78 is 10.1. The number of aliphatic hydroxyl groups excluding tert-OH is 1. The zero-order valence-electron chi connectivity index (χ0n) is 10.9. The first kappa shape index (κ1) is 14.4. The number of ether oxygens (including phenoxy) is 1. The highest BCUT2D eigenvalue weighted by atomic mass is 35.5. The van der Waals surface area contributed by atoms with Crippen molar-refractivity contribution in [3.05, 3.63) is 52.4 Å². The van der Waals surface area contributed by atoms with Gasteiger partial charge in [-0.15, -0.1) is 0 Å². The van der Waals surface area contributed by atoms with Crippen LogP contribution in [0.2, 0.25) is 5.02 Å². The van der Waals surface area contributed by atoms with Gasteiger partial charge in [0.25, 0.3) is 0 Å². The summed E-state index contributed by atoms with van der Waals surface area (Å²) in [6, 6.07) is 8.30. The van der Waals surface area contributed by atoms with Crippen molar-refractivity contribution in [1.29, 1.82) is 0 Å². The standard InChI is InChI=1S/C14H14ClNO4/c1-19-14(18)12-5-2-9(15)6-13(12)16-7-10-3-4-11(8-17)20-10/h2-6,16-17H,7-8H2,1H3. The molecule has 0 amide bonds. The predicted octanol–water partition coefficient (Wildman–Crippen LogP) is 2.82. The fourth-order valence-electron chi connectivity index (χ4n) is 1.74. The van der Waals surface area contributed by atoms with E-state index in [2.05, 4.69) is 5.32 Å². The monoisotopic (exact) mass is 295 g/mol. The molecule has 0 saturated heterocycles. The summed E-state index contributed by atoms with van der Waals surface area (Å²) in [5.74, 6) is 0.686. The Morgan fingerprint density at radius 2 is 2.10 bits per heavy atom. The molecule has 0 aliphatic heterocycles. The zero-order chi connectivity index (χ0) is 14.5. The van der Waals surface area contributed by atoms with Crippen LogP contribution in [0.3, 0.4) is 0 Å². The molecular formula is C14H14ClNO4. The molecule has 0 spiro atoms. The van der Waals surface area contributed by atoms with Gasteiger partial charge in [-0.25, -0.2) is 4.79 Å². The summed E-state index contributed by atoms with van der Waals surface area (Å²) in [7, 11) is 1.32. The Morgan fingerprint density at radius 1 is 1.35 bits per heavy atom. The number of carbonyl (C=O) groups excluding carboxylic acids is 1. The van der Waals surface area contributed by atoms with Gasteiger partial charge in [0, 0.05) is 5.02 Å². The fraction of sp³-hybridized carbons (Fsp3) is 0.214. The van der Waals surface area contributed by atoms with Crippen molar-refractivity contribution in [2.24, 2.45) is 0 Å². The van der Waals surface area contributed by atoms with Crippen molar-refractivity contribution >= 4 is 23.3 Å². The van der Waals surface area contributed by atoms with Crippen molar-refractivity contribution in [3.63, 3.8) is 0 Å². The summed E-state index contributed by atoms with van der Waals surface area (Å²) in [4.78, 5) is 11.6. The minimum Gasteiger partial charge on any atom is -0.465 e. The first-order valence-corrected chi connectivity index (χ1v) is 6.32. The van der Waals surface area contributed by atoms with Gasteiger partial charge in [0.2, 0.25) is 0 Å². The molecule has 0 aliphatic rings. The minimum atomic E-state index is -0.445. The quantitative estimate of drug-likeness (QED) is 0.830. The van der Waals surface area contributed by atoms with E-state index in [1.54, 1.807) is 30.3 Å². The Labute approximate surface area is 121 Å². The van der Waals surface area contributed by atoms with Crippen LogP contribution in [-0.2, 0) is 17.9 Å². The Hall–Kier alpha value is -1.98. The number of halogens is 1. The van der Waals surface area contributed by atoms with Crippen LogP contribution < -0.4 is 5.32 Å². The SMILES string of the molecule is COC(=O)c1ccc(Cl)cc1NCc1ccc(CO)o1. The third kappa shape index (κ3) is 3.31. The van der Waals surface area contributed by atoms with E-state index in [1.165, 1.54) is 7.11 Å². The molecule has 2 N–H and O–H groups in total. The average Bonchev–Trinajstić information content (AvgIpc) is 2.92. The van der Waals surface area contributed by atoms with Crippen LogP contribution in [0, 0.1) is 0 Å². The first-order chi connectivity index (χ1) is 9.63. The van der Waals surface area contributed by atoms with Crippen molar-refractivity contribution < 1.29 is 19.1 Å². The van der Waals surface area contributed by atoms with E-state index in [-0.39, 0.29) is 6.61 Å². The molecule has 20 heavy (non-hydrogen) atoms. The molecule has 1 aromatic heterocycles. The lowest BCUT2D eigenvalue weighted by Gasteiger charge is -2.10.